The molecule has 0 unspecified atom stereocenters. The van der Waals surface area contributed by atoms with Gasteiger partial charge in [-0.25, -0.2) is 4.68 Å². The molecule has 2 rings (SSSR count). The Morgan fingerprint density at radius 1 is 1.35 bits per heavy atom. The van der Waals surface area contributed by atoms with Crippen molar-refractivity contribution in [2.75, 3.05) is 0 Å². The van der Waals surface area contributed by atoms with Gasteiger partial charge in [0.1, 0.15) is 0 Å². The normalized spacial score (nSPS) is 11.8. The summed E-state index contributed by atoms with van der Waals surface area (Å²) in [4.78, 5) is 0. The van der Waals surface area contributed by atoms with E-state index in [-0.39, 0.29) is 10.7 Å². The number of hydrogen-bond acceptors (Lipinski definition) is 1. The molecule has 1 aromatic carbocycles. The summed E-state index contributed by atoms with van der Waals surface area (Å²) in [6, 6.07) is 6.29. The van der Waals surface area contributed by atoms with Crippen LogP contribution in [0.1, 0.15) is 11.3 Å². The Bertz CT molecular complexity index is 546. The molecule has 0 amide bonds. The topological polar surface area (TPSA) is 17.8 Å². The summed E-state index contributed by atoms with van der Waals surface area (Å²) < 4.78 is 39.7. The Kier molecular flexibility index (Phi) is 2.87. The summed E-state index contributed by atoms with van der Waals surface area (Å²) in [5.41, 5.74) is -0.372. The van der Waals surface area contributed by atoms with E-state index in [2.05, 4.69) is 11.2 Å². The molecule has 1 aromatic heterocycles. The molecule has 0 fully saturated rings. The number of aryl methyl sites for hydroxylation is 1. The zero-order valence-electron chi connectivity index (χ0n) is 8.72. The van der Waals surface area contributed by atoms with Crippen LogP contribution >= 0.6 is 11.6 Å². The predicted molar refractivity (Wildman–Crippen MR) is 57.1 cm³/mol. The Balaban J connectivity index is 2.67. The molecular formula is C11H7ClF3N2. The maximum atomic E-state index is 12.8. The summed E-state index contributed by atoms with van der Waals surface area (Å²) in [5.74, 6) is 0. The van der Waals surface area contributed by atoms with Gasteiger partial charge in [0.05, 0.1) is 17.4 Å². The maximum absolute atomic E-state index is 12.8. The van der Waals surface area contributed by atoms with Crippen molar-refractivity contribution >= 4 is 11.6 Å². The highest BCUT2D eigenvalue weighted by Gasteiger charge is 2.34. The minimum atomic E-state index is -4.47. The van der Waals surface area contributed by atoms with E-state index >= 15 is 0 Å². The van der Waals surface area contributed by atoms with Crippen molar-refractivity contribution in [3.63, 3.8) is 0 Å². The van der Waals surface area contributed by atoms with Crippen LogP contribution in [0, 0.1) is 13.0 Å². The van der Waals surface area contributed by atoms with E-state index in [1.165, 1.54) is 23.0 Å². The second-order valence-electron chi connectivity index (χ2n) is 3.45. The van der Waals surface area contributed by atoms with Crippen LogP contribution in [0.4, 0.5) is 13.2 Å². The zero-order valence-corrected chi connectivity index (χ0v) is 9.47. The second kappa shape index (κ2) is 4.07. The van der Waals surface area contributed by atoms with E-state index in [1.54, 1.807) is 6.92 Å². The lowest BCUT2D eigenvalue weighted by Crippen LogP contribution is -2.12. The molecule has 2 nitrogen and oxygen atoms in total. The monoisotopic (exact) mass is 259 g/mol. The first-order valence-electron chi connectivity index (χ1n) is 4.69. The van der Waals surface area contributed by atoms with Gasteiger partial charge in [0, 0.05) is 16.8 Å². The van der Waals surface area contributed by atoms with Crippen LogP contribution in [0.5, 0.6) is 0 Å². The molecule has 0 saturated heterocycles. The highest BCUT2D eigenvalue weighted by molar-refractivity contribution is 6.30. The summed E-state index contributed by atoms with van der Waals surface area (Å²) in [7, 11) is 0. The fourth-order valence-electron chi connectivity index (χ4n) is 1.49. The number of halogens is 4. The average molecular weight is 260 g/mol. The summed E-state index contributed by atoms with van der Waals surface area (Å²) >= 11 is 5.59. The molecule has 2 aromatic rings. The highest BCUT2D eigenvalue weighted by Crippen LogP contribution is 2.35. The molecule has 0 spiro atoms. The second-order valence-corrected chi connectivity index (χ2v) is 3.88. The van der Waals surface area contributed by atoms with Crippen molar-refractivity contribution in [3.05, 3.63) is 46.7 Å². The number of rotatable bonds is 1. The van der Waals surface area contributed by atoms with Crippen LogP contribution < -0.4 is 0 Å². The standard InChI is InChI=1S/C11H7ClF3N2/c1-7-4-5-16-17(7)10-3-2-8(12)6-9(10)11(13,14)15/h2-3,5-6H,1H3. The van der Waals surface area contributed by atoms with Crippen molar-refractivity contribution in [2.24, 2.45) is 0 Å². The molecule has 0 atom stereocenters. The Morgan fingerprint density at radius 3 is 2.59 bits per heavy atom. The molecule has 0 aliphatic carbocycles. The summed E-state index contributed by atoms with van der Waals surface area (Å²) in [6.07, 6.45) is -3.15. The number of benzene rings is 1. The Hall–Kier alpha value is -1.49. The van der Waals surface area contributed by atoms with Gasteiger partial charge in [0.2, 0.25) is 0 Å². The molecule has 6 heteroatoms. The Labute approximate surface area is 101 Å². The molecule has 1 heterocycles. The van der Waals surface area contributed by atoms with Gasteiger partial charge in [-0.15, -0.1) is 0 Å². The van der Waals surface area contributed by atoms with Gasteiger partial charge in [-0.1, -0.05) is 11.6 Å². The lowest BCUT2D eigenvalue weighted by molar-refractivity contribution is -0.137. The van der Waals surface area contributed by atoms with Gasteiger partial charge in [0.15, 0.2) is 0 Å². The van der Waals surface area contributed by atoms with Crippen molar-refractivity contribution in [3.8, 4) is 5.69 Å². The van der Waals surface area contributed by atoms with Crippen molar-refractivity contribution in [1.29, 1.82) is 0 Å². The molecule has 89 valence electrons. The number of hydrogen-bond donors (Lipinski definition) is 0. The van der Waals surface area contributed by atoms with Crippen molar-refractivity contribution < 1.29 is 13.2 Å². The van der Waals surface area contributed by atoms with Crippen molar-refractivity contribution in [2.45, 2.75) is 13.1 Å². The van der Waals surface area contributed by atoms with E-state index in [4.69, 9.17) is 11.6 Å². The first-order valence-corrected chi connectivity index (χ1v) is 5.07. The van der Waals surface area contributed by atoms with Gasteiger partial charge in [0.25, 0.3) is 0 Å². The van der Waals surface area contributed by atoms with Crippen molar-refractivity contribution in [1.82, 2.24) is 9.78 Å². The van der Waals surface area contributed by atoms with Crippen LogP contribution in [0.15, 0.2) is 24.4 Å². The van der Waals surface area contributed by atoms with E-state index in [1.807, 2.05) is 0 Å². The SMILES string of the molecule is Cc1[c]cnn1-c1ccc(Cl)cc1C(F)(F)F. The number of nitrogens with zero attached hydrogens (tertiary/aromatic N) is 2. The third-order valence-corrected chi connectivity index (χ3v) is 2.49. The third kappa shape index (κ3) is 2.29. The molecule has 0 bridgehead atoms. The Morgan fingerprint density at radius 2 is 2.06 bits per heavy atom. The summed E-state index contributed by atoms with van der Waals surface area (Å²) in [6.45, 7) is 1.63. The molecule has 1 radical (unpaired) electrons. The predicted octanol–water partition coefficient (Wildman–Crippen LogP) is 3.65. The van der Waals surface area contributed by atoms with Crippen LogP contribution in [0.2, 0.25) is 5.02 Å². The van der Waals surface area contributed by atoms with Crippen LogP contribution in [0.3, 0.4) is 0 Å². The van der Waals surface area contributed by atoms with Gasteiger partial charge >= 0.3 is 6.18 Å². The lowest BCUT2D eigenvalue weighted by atomic mass is 10.1. The lowest BCUT2D eigenvalue weighted by Gasteiger charge is -2.14. The molecule has 0 aliphatic heterocycles. The molecule has 0 aliphatic rings. The van der Waals surface area contributed by atoms with Crippen LogP contribution in [-0.4, -0.2) is 9.78 Å². The first-order chi connectivity index (χ1) is 7.89. The molecular weight excluding hydrogens is 253 g/mol. The van der Waals surface area contributed by atoms with Gasteiger partial charge < -0.3 is 0 Å². The largest absolute Gasteiger partial charge is 0.418 e. The van der Waals surface area contributed by atoms with E-state index in [9.17, 15) is 13.2 Å². The molecule has 17 heavy (non-hydrogen) atoms. The minimum Gasteiger partial charge on any atom is -0.237 e. The van der Waals surface area contributed by atoms with Gasteiger partial charge in [-0.05, 0) is 25.1 Å². The average Bonchev–Trinajstić information content (AvgIpc) is 2.63. The minimum absolute atomic E-state index is 0.0369. The maximum Gasteiger partial charge on any atom is 0.418 e. The zero-order chi connectivity index (χ0) is 12.6. The fraction of sp³-hybridized carbons (Fsp3) is 0.182. The van der Waals surface area contributed by atoms with Gasteiger partial charge in [-0.3, -0.25) is 0 Å². The molecule has 0 saturated carbocycles. The van der Waals surface area contributed by atoms with E-state index in [0.717, 1.165) is 6.07 Å². The van der Waals surface area contributed by atoms with Crippen LogP contribution in [0.25, 0.3) is 5.69 Å². The van der Waals surface area contributed by atoms with Gasteiger partial charge in [-0.2, -0.15) is 18.3 Å². The number of alkyl halides is 3. The highest BCUT2D eigenvalue weighted by atomic mass is 35.5. The third-order valence-electron chi connectivity index (χ3n) is 2.26. The smallest absolute Gasteiger partial charge is 0.237 e. The van der Waals surface area contributed by atoms with E-state index in [0.29, 0.717) is 5.69 Å². The molecule has 0 N–H and O–H groups in total. The number of aromatic nitrogens is 2. The summed E-state index contributed by atoms with van der Waals surface area (Å²) in [5, 5.41) is 3.84. The van der Waals surface area contributed by atoms with E-state index < -0.39 is 11.7 Å². The first kappa shape index (κ1) is 12.0. The fourth-order valence-corrected chi connectivity index (χ4v) is 1.66. The van der Waals surface area contributed by atoms with Crippen LogP contribution in [-0.2, 0) is 6.18 Å². The quantitative estimate of drug-likeness (QED) is 0.764.